The summed E-state index contributed by atoms with van der Waals surface area (Å²) in [6.07, 6.45) is 0. The van der Waals surface area contributed by atoms with Gasteiger partial charge in [0.15, 0.2) is 0 Å². The summed E-state index contributed by atoms with van der Waals surface area (Å²) in [6, 6.07) is 0. The Labute approximate surface area is 66.6 Å². The fourth-order valence-corrected chi connectivity index (χ4v) is 1.17. The highest BCUT2D eigenvalue weighted by molar-refractivity contribution is 5.79. The standard InChI is InChI=1S/C6H15N5/c1-8-6(10-7)11-4-2-9-3-5-11/h9H,2-5,7H2,1H3,(H,8,10). The monoisotopic (exact) mass is 157 g/mol. The summed E-state index contributed by atoms with van der Waals surface area (Å²) in [6.45, 7) is 3.94. The maximum absolute atomic E-state index is 5.27. The van der Waals surface area contributed by atoms with Crippen molar-refractivity contribution in [3.8, 4) is 0 Å². The summed E-state index contributed by atoms with van der Waals surface area (Å²) in [5.74, 6) is 6.04. The van der Waals surface area contributed by atoms with E-state index < -0.39 is 0 Å². The fraction of sp³-hybridized carbons (Fsp3) is 0.833. The van der Waals surface area contributed by atoms with Crippen LogP contribution in [0.5, 0.6) is 0 Å². The highest BCUT2D eigenvalue weighted by Gasteiger charge is 2.11. The molecule has 0 bridgehead atoms. The first-order valence-electron chi connectivity index (χ1n) is 3.77. The number of guanidine groups is 1. The minimum absolute atomic E-state index is 0.770. The van der Waals surface area contributed by atoms with Crippen LogP contribution in [0.4, 0.5) is 0 Å². The Bertz CT molecular complexity index is 138. The van der Waals surface area contributed by atoms with Crippen LogP contribution in [0.1, 0.15) is 0 Å². The Morgan fingerprint density at radius 2 is 2.18 bits per heavy atom. The Morgan fingerprint density at radius 3 is 2.64 bits per heavy atom. The fourth-order valence-electron chi connectivity index (χ4n) is 1.17. The van der Waals surface area contributed by atoms with Crippen molar-refractivity contribution >= 4 is 5.96 Å². The number of rotatable bonds is 0. The molecule has 5 heteroatoms. The first kappa shape index (κ1) is 8.29. The lowest BCUT2D eigenvalue weighted by molar-refractivity contribution is 0.347. The predicted molar refractivity (Wildman–Crippen MR) is 45.1 cm³/mol. The predicted octanol–water partition coefficient (Wildman–Crippen LogP) is -1.66. The van der Waals surface area contributed by atoms with E-state index in [1.165, 1.54) is 0 Å². The quantitative estimate of drug-likeness (QED) is 0.170. The molecule has 11 heavy (non-hydrogen) atoms. The van der Waals surface area contributed by atoms with Crippen LogP contribution in [0.15, 0.2) is 4.99 Å². The number of hydrogen-bond acceptors (Lipinski definition) is 3. The van der Waals surface area contributed by atoms with E-state index in [9.17, 15) is 0 Å². The number of nitrogens with one attached hydrogen (secondary N) is 2. The minimum atomic E-state index is 0.770. The lowest BCUT2D eigenvalue weighted by Crippen LogP contribution is -2.52. The van der Waals surface area contributed by atoms with E-state index in [0.717, 1.165) is 32.1 Å². The van der Waals surface area contributed by atoms with Crippen molar-refractivity contribution in [2.24, 2.45) is 10.8 Å². The molecule has 0 aromatic heterocycles. The molecule has 5 nitrogen and oxygen atoms in total. The summed E-state index contributed by atoms with van der Waals surface area (Å²) in [5.41, 5.74) is 2.57. The Morgan fingerprint density at radius 1 is 1.55 bits per heavy atom. The highest BCUT2D eigenvalue weighted by Crippen LogP contribution is 1.91. The van der Waals surface area contributed by atoms with Crippen molar-refractivity contribution in [1.82, 2.24) is 15.6 Å². The summed E-state index contributed by atoms with van der Waals surface area (Å²) >= 11 is 0. The Balaban J connectivity index is 2.43. The lowest BCUT2D eigenvalue weighted by atomic mass is 10.4. The van der Waals surface area contributed by atoms with Gasteiger partial charge in [-0.25, -0.2) is 5.84 Å². The second-order valence-corrected chi connectivity index (χ2v) is 2.43. The van der Waals surface area contributed by atoms with Gasteiger partial charge in [-0.2, -0.15) is 0 Å². The second kappa shape index (κ2) is 4.15. The van der Waals surface area contributed by atoms with E-state index in [4.69, 9.17) is 5.84 Å². The van der Waals surface area contributed by atoms with Crippen molar-refractivity contribution in [3.05, 3.63) is 0 Å². The zero-order valence-corrected chi connectivity index (χ0v) is 6.80. The van der Waals surface area contributed by atoms with Gasteiger partial charge in [-0.1, -0.05) is 0 Å². The van der Waals surface area contributed by atoms with Crippen LogP contribution in [-0.2, 0) is 0 Å². The average Bonchev–Trinajstić information content (AvgIpc) is 2.09. The van der Waals surface area contributed by atoms with E-state index in [1.54, 1.807) is 7.05 Å². The average molecular weight is 157 g/mol. The van der Waals surface area contributed by atoms with Crippen LogP contribution in [0.25, 0.3) is 0 Å². The van der Waals surface area contributed by atoms with Crippen LogP contribution in [0.3, 0.4) is 0 Å². The molecule has 0 spiro atoms. The van der Waals surface area contributed by atoms with Gasteiger partial charge in [0.05, 0.1) is 0 Å². The van der Waals surface area contributed by atoms with Crippen LogP contribution in [0, 0.1) is 0 Å². The maximum Gasteiger partial charge on any atom is 0.208 e. The highest BCUT2D eigenvalue weighted by atomic mass is 15.4. The Hall–Kier alpha value is -0.810. The molecule has 4 N–H and O–H groups in total. The molecule has 0 radical (unpaired) electrons. The van der Waals surface area contributed by atoms with Gasteiger partial charge in [0, 0.05) is 33.2 Å². The molecule has 0 amide bonds. The van der Waals surface area contributed by atoms with E-state index in [2.05, 4.69) is 20.6 Å². The zero-order valence-electron chi connectivity index (χ0n) is 6.80. The van der Waals surface area contributed by atoms with Gasteiger partial charge in [0.2, 0.25) is 5.96 Å². The molecule has 1 rings (SSSR count). The smallest absolute Gasteiger partial charge is 0.208 e. The molecule has 0 saturated carbocycles. The third-order valence-electron chi connectivity index (χ3n) is 1.76. The van der Waals surface area contributed by atoms with Crippen LogP contribution in [-0.4, -0.2) is 44.1 Å². The van der Waals surface area contributed by atoms with Gasteiger partial charge in [0.25, 0.3) is 0 Å². The minimum Gasteiger partial charge on any atom is -0.339 e. The van der Waals surface area contributed by atoms with E-state index in [0.29, 0.717) is 0 Å². The molecule has 64 valence electrons. The van der Waals surface area contributed by atoms with Gasteiger partial charge < -0.3 is 10.2 Å². The molecule has 0 atom stereocenters. The number of aliphatic imine (C=N–C) groups is 1. The van der Waals surface area contributed by atoms with Crippen molar-refractivity contribution in [2.45, 2.75) is 0 Å². The molecular formula is C6H15N5. The normalized spacial score (nSPS) is 20.2. The summed E-state index contributed by atoms with van der Waals surface area (Å²) < 4.78 is 0. The summed E-state index contributed by atoms with van der Waals surface area (Å²) in [4.78, 5) is 6.13. The molecule has 1 saturated heterocycles. The first-order valence-corrected chi connectivity index (χ1v) is 3.77. The SMILES string of the molecule is C/N=C(\NN)N1CCNCC1. The molecule has 1 aliphatic heterocycles. The first-order chi connectivity index (χ1) is 5.38. The molecular weight excluding hydrogens is 142 g/mol. The number of nitrogens with two attached hydrogens (primary N) is 1. The van der Waals surface area contributed by atoms with Crippen molar-refractivity contribution < 1.29 is 0 Å². The molecule has 1 aliphatic rings. The van der Waals surface area contributed by atoms with Crippen LogP contribution in [0.2, 0.25) is 0 Å². The molecule has 0 unspecified atom stereocenters. The number of hydrazine groups is 1. The van der Waals surface area contributed by atoms with Gasteiger partial charge in [-0.3, -0.25) is 10.4 Å². The largest absolute Gasteiger partial charge is 0.339 e. The lowest BCUT2D eigenvalue weighted by Gasteiger charge is -2.29. The molecule has 1 fully saturated rings. The van der Waals surface area contributed by atoms with E-state index in [-0.39, 0.29) is 0 Å². The van der Waals surface area contributed by atoms with E-state index >= 15 is 0 Å². The topological polar surface area (TPSA) is 65.7 Å². The van der Waals surface area contributed by atoms with Gasteiger partial charge in [-0.15, -0.1) is 0 Å². The number of piperazine rings is 1. The molecule has 0 aromatic rings. The molecule has 0 aromatic carbocycles. The summed E-state index contributed by atoms with van der Waals surface area (Å²) in [7, 11) is 1.73. The summed E-state index contributed by atoms with van der Waals surface area (Å²) in [5, 5.41) is 3.25. The van der Waals surface area contributed by atoms with Gasteiger partial charge in [-0.05, 0) is 0 Å². The van der Waals surface area contributed by atoms with Gasteiger partial charge >= 0.3 is 0 Å². The molecule has 1 heterocycles. The maximum atomic E-state index is 5.27. The molecule has 0 aliphatic carbocycles. The van der Waals surface area contributed by atoms with Crippen LogP contribution >= 0.6 is 0 Å². The Kier molecular flexibility index (Phi) is 3.13. The van der Waals surface area contributed by atoms with E-state index in [1.807, 2.05) is 0 Å². The van der Waals surface area contributed by atoms with Gasteiger partial charge in [0.1, 0.15) is 0 Å². The number of nitrogens with zero attached hydrogens (tertiary/aromatic N) is 2. The van der Waals surface area contributed by atoms with Crippen LogP contribution < -0.4 is 16.6 Å². The second-order valence-electron chi connectivity index (χ2n) is 2.43. The zero-order chi connectivity index (χ0) is 8.10. The third kappa shape index (κ3) is 2.06. The number of hydrogen-bond donors (Lipinski definition) is 3. The van der Waals surface area contributed by atoms with Crippen molar-refractivity contribution in [1.29, 1.82) is 0 Å². The van der Waals surface area contributed by atoms with Crippen molar-refractivity contribution in [2.75, 3.05) is 33.2 Å². The third-order valence-corrected chi connectivity index (χ3v) is 1.76. The van der Waals surface area contributed by atoms with Crippen molar-refractivity contribution in [3.63, 3.8) is 0 Å².